The summed E-state index contributed by atoms with van der Waals surface area (Å²) in [7, 11) is 0. The van der Waals surface area contributed by atoms with Gasteiger partial charge in [0.2, 0.25) is 0 Å². The van der Waals surface area contributed by atoms with Crippen molar-refractivity contribution in [3.63, 3.8) is 0 Å². The number of aromatic nitrogens is 1. The lowest BCUT2D eigenvalue weighted by molar-refractivity contribution is 0.171. The molecule has 3 rings (SSSR count). The van der Waals surface area contributed by atoms with Gasteiger partial charge in [-0.15, -0.1) is 0 Å². The van der Waals surface area contributed by atoms with Gasteiger partial charge in [0, 0.05) is 11.8 Å². The van der Waals surface area contributed by atoms with E-state index in [-0.39, 0.29) is 0 Å². The van der Waals surface area contributed by atoms with Gasteiger partial charge in [-0.05, 0) is 24.3 Å². The fourth-order valence-corrected chi connectivity index (χ4v) is 1.82. The minimum Gasteiger partial charge on any atom is -0.486 e. The summed E-state index contributed by atoms with van der Waals surface area (Å²) in [4.78, 5) is 4.00. The van der Waals surface area contributed by atoms with E-state index in [9.17, 15) is 0 Å². The summed E-state index contributed by atoms with van der Waals surface area (Å²) in [5, 5.41) is 11.9. The number of rotatable bonds is 2. The van der Waals surface area contributed by atoms with E-state index >= 15 is 0 Å². The van der Waals surface area contributed by atoms with E-state index in [1.165, 1.54) is 0 Å². The maximum Gasteiger partial charge on any atom is 0.163 e. The number of nitriles is 1. The Balaban J connectivity index is 1.81. The van der Waals surface area contributed by atoms with Crippen LogP contribution in [0.1, 0.15) is 5.69 Å². The zero-order valence-corrected chi connectivity index (χ0v) is 10.1. The molecule has 5 nitrogen and oxygen atoms in total. The largest absolute Gasteiger partial charge is 0.486 e. The highest BCUT2D eigenvalue weighted by Gasteiger charge is 2.11. The Kier molecular flexibility index (Phi) is 2.91. The van der Waals surface area contributed by atoms with Gasteiger partial charge in [0.05, 0.1) is 11.9 Å². The van der Waals surface area contributed by atoms with Crippen LogP contribution in [-0.4, -0.2) is 18.2 Å². The van der Waals surface area contributed by atoms with Crippen molar-refractivity contribution in [3.8, 4) is 17.6 Å². The Hall–Kier alpha value is -2.74. The molecule has 0 saturated carbocycles. The molecule has 1 aromatic heterocycles. The van der Waals surface area contributed by atoms with E-state index in [0.29, 0.717) is 18.9 Å². The zero-order valence-electron chi connectivity index (χ0n) is 10.1. The van der Waals surface area contributed by atoms with Crippen molar-refractivity contribution in [3.05, 3.63) is 42.2 Å². The lowest BCUT2D eigenvalue weighted by atomic mass is 10.2. The highest BCUT2D eigenvalue weighted by atomic mass is 16.6. The third-order valence-electron chi connectivity index (χ3n) is 2.71. The highest BCUT2D eigenvalue weighted by molar-refractivity contribution is 5.63. The third-order valence-corrected chi connectivity index (χ3v) is 2.71. The predicted octanol–water partition coefficient (Wildman–Crippen LogP) is 2.47. The van der Waals surface area contributed by atoms with Crippen molar-refractivity contribution >= 4 is 11.4 Å². The predicted molar refractivity (Wildman–Crippen MR) is 69.7 cm³/mol. The average Bonchev–Trinajstić information content (AvgIpc) is 2.48. The van der Waals surface area contributed by atoms with E-state index in [1.54, 1.807) is 12.3 Å². The van der Waals surface area contributed by atoms with Crippen LogP contribution in [-0.2, 0) is 0 Å². The topological polar surface area (TPSA) is 67.2 Å². The SMILES string of the molecule is N#Cc1ccc(Nc2ccc3c(c2)OCCO3)cn1. The molecule has 94 valence electrons. The number of anilines is 2. The maximum atomic E-state index is 8.69. The molecule has 5 heteroatoms. The summed E-state index contributed by atoms with van der Waals surface area (Å²) in [6, 6.07) is 11.1. The van der Waals surface area contributed by atoms with E-state index < -0.39 is 0 Å². The first-order valence-corrected chi connectivity index (χ1v) is 5.88. The quantitative estimate of drug-likeness (QED) is 0.890. The van der Waals surface area contributed by atoms with E-state index in [2.05, 4.69) is 10.3 Å². The minimum atomic E-state index is 0.396. The maximum absolute atomic E-state index is 8.69. The molecule has 0 fully saturated rings. The first-order valence-electron chi connectivity index (χ1n) is 5.88. The number of hydrogen-bond acceptors (Lipinski definition) is 5. The van der Waals surface area contributed by atoms with E-state index in [4.69, 9.17) is 14.7 Å². The van der Waals surface area contributed by atoms with Crippen LogP contribution in [0.2, 0.25) is 0 Å². The second-order valence-corrected chi connectivity index (χ2v) is 4.03. The Bertz CT molecular complexity index is 632. The van der Waals surface area contributed by atoms with Gasteiger partial charge in [-0.2, -0.15) is 5.26 Å². The van der Waals surface area contributed by atoms with Crippen molar-refractivity contribution in [2.75, 3.05) is 18.5 Å². The lowest BCUT2D eigenvalue weighted by Gasteiger charge is -2.19. The Labute approximate surface area is 110 Å². The first kappa shape index (κ1) is 11.4. The first-order chi connectivity index (χ1) is 9.35. The van der Waals surface area contributed by atoms with E-state index in [1.807, 2.05) is 30.3 Å². The Morgan fingerprint density at radius 1 is 1.05 bits per heavy atom. The summed E-state index contributed by atoms with van der Waals surface area (Å²) in [5.74, 6) is 1.49. The second kappa shape index (κ2) is 4.86. The molecule has 0 atom stereocenters. The fraction of sp³-hybridized carbons (Fsp3) is 0.143. The van der Waals surface area contributed by atoms with Gasteiger partial charge in [-0.25, -0.2) is 4.98 Å². The number of benzene rings is 1. The van der Waals surface area contributed by atoms with Crippen molar-refractivity contribution in [2.45, 2.75) is 0 Å². The van der Waals surface area contributed by atoms with Crippen LogP contribution < -0.4 is 14.8 Å². The highest BCUT2D eigenvalue weighted by Crippen LogP contribution is 2.33. The molecular weight excluding hydrogens is 242 g/mol. The smallest absolute Gasteiger partial charge is 0.163 e. The number of hydrogen-bond donors (Lipinski definition) is 1. The molecule has 0 unspecified atom stereocenters. The molecular formula is C14H11N3O2. The molecule has 2 aromatic rings. The van der Waals surface area contributed by atoms with Gasteiger partial charge >= 0.3 is 0 Å². The molecule has 1 N–H and O–H groups in total. The van der Waals surface area contributed by atoms with Crippen molar-refractivity contribution < 1.29 is 9.47 Å². The number of fused-ring (bicyclic) bond motifs is 1. The van der Waals surface area contributed by atoms with Gasteiger partial charge in [0.15, 0.2) is 11.5 Å². The van der Waals surface area contributed by atoms with Crippen LogP contribution in [0.3, 0.4) is 0 Å². The summed E-state index contributed by atoms with van der Waals surface area (Å²) in [6.45, 7) is 1.15. The lowest BCUT2D eigenvalue weighted by Crippen LogP contribution is -2.15. The zero-order chi connectivity index (χ0) is 13.1. The molecule has 0 amide bonds. The molecule has 0 aliphatic carbocycles. The van der Waals surface area contributed by atoms with Crippen LogP contribution in [0.25, 0.3) is 0 Å². The summed E-state index contributed by atoms with van der Waals surface area (Å²) >= 11 is 0. The molecule has 0 radical (unpaired) electrons. The normalized spacial score (nSPS) is 12.6. The molecule has 19 heavy (non-hydrogen) atoms. The van der Waals surface area contributed by atoms with Crippen LogP contribution in [0.4, 0.5) is 11.4 Å². The fourth-order valence-electron chi connectivity index (χ4n) is 1.82. The van der Waals surface area contributed by atoms with Crippen LogP contribution in [0.15, 0.2) is 36.5 Å². The monoisotopic (exact) mass is 253 g/mol. The molecule has 2 heterocycles. The van der Waals surface area contributed by atoms with Crippen LogP contribution in [0, 0.1) is 11.3 Å². The number of ether oxygens (including phenoxy) is 2. The molecule has 0 bridgehead atoms. The summed E-state index contributed by atoms with van der Waals surface area (Å²) in [5.41, 5.74) is 2.10. The summed E-state index contributed by atoms with van der Waals surface area (Å²) < 4.78 is 11.0. The van der Waals surface area contributed by atoms with Gasteiger partial charge in [0.25, 0.3) is 0 Å². The van der Waals surface area contributed by atoms with Gasteiger partial charge < -0.3 is 14.8 Å². The van der Waals surface area contributed by atoms with Gasteiger partial charge in [-0.3, -0.25) is 0 Å². The summed E-state index contributed by atoms with van der Waals surface area (Å²) in [6.07, 6.45) is 1.62. The Morgan fingerprint density at radius 3 is 2.58 bits per heavy atom. The molecule has 1 aliphatic rings. The van der Waals surface area contributed by atoms with Crippen molar-refractivity contribution in [1.29, 1.82) is 5.26 Å². The van der Waals surface area contributed by atoms with Crippen LogP contribution >= 0.6 is 0 Å². The molecule has 1 aliphatic heterocycles. The minimum absolute atomic E-state index is 0.396. The van der Waals surface area contributed by atoms with E-state index in [0.717, 1.165) is 22.9 Å². The molecule has 1 aromatic carbocycles. The standard InChI is InChI=1S/C14H11N3O2/c15-8-11-1-2-12(9-16-11)17-10-3-4-13-14(7-10)19-6-5-18-13/h1-4,7,9,17H,5-6H2. The number of nitrogens with one attached hydrogen (secondary N) is 1. The molecule has 0 saturated heterocycles. The van der Waals surface area contributed by atoms with Gasteiger partial charge in [-0.1, -0.05) is 0 Å². The van der Waals surface area contributed by atoms with Crippen molar-refractivity contribution in [1.82, 2.24) is 4.98 Å². The number of pyridine rings is 1. The molecule has 0 spiro atoms. The third kappa shape index (κ3) is 2.43. The average molecular weight is 253 g/mol. The van der Waals surface area contributed by atoms with Crippen molar-refractivity contribution in [2.24, 2.45) is 0 Å². The van der Waals surface area contributed by atoms with Gasteiger partial charge in [0.1, 0.15) is 25.0 Å². The second-order valence-electron chi connectivity index (χ2n) is 4.03. The van der Waals surface area contributed by atoms with Crippen LogP contribution in [0.5, 0.6) is 11.5 Å². The number of nitrogens with zero attached hydrogens (tertiary/aromatic N) is 2. The Morgan fingerprint density at radius 2 is 1.84 bits per heavy atom.